The molecule has 3 aliphatic heterocycles. The fraction of sp³-hybridized carbons (Fsp3) is 0.818. The highest BCUT2D eigenvalue weighted by Gasteiger charge is 2.29. The highest BCUT2D eigenvalue weighted by molar-refractivity contribution is 5.32. The van der Waals surface area contributed by atoms with E-state index in [1.54, 1.807) is 0 Å². The molecule has 0 aromatic carbocycles. The lowest BCUT2D eigenvalue weighted by Gasteiger charge is -2.43. The van der Waals surface area contributed by atoms with Gasteiger partial charge in [0.25, 0.3) is 0 Å². The van der Waals surface area contributed by atoms with Gasteiger partial charge in [-0.1, -0.05) is 12.8 Å². The van der Waals surface area contributed by atoms with Crippen molar-refractivity contribution in [3.8, 4) is 6.07 Å². The zero-order valence-corrected chi connectivity index (χ0v) is 17.6. The molecule has 3 fully saturated rings. The third-order valence-corrected chi connectivity index (χ3v) is 6.66. The van der Waals surface area contributed by atoms with Crippen molar-refractivity contribution in [2.75, 3.05) is 59.4 Å². The Morgan fingerprint density at radius 2 is 1.61 bits per heavy atom. The lowest BCUT2D eigenvalue weighted by Crippen LogP contribution is -2.48. The molecule has 0 aliphatic carbocycles. The van der Waals surface area contributed by atoms with Gasteiger partial charge < -0.3 is 19.6 Å². The number of nitriles is 1. The number of hydrogen-bond donors (Lipinski definition) is 0. The van der Waals surface area contributed by atoms with Gasteiger partial charge in [-0.3, -0.25) is 0 Å². The molecular formula is C22H36N6. The van der Waals surface area contributed by atoms with E-state index in [0.717, 1.165) is 44.8 Å². The SMILES string of the molecule is [C-]#[N+]C(C#N)=C(N(C)CCN1CCCCC1)N1CCC(N2CCCCC2)CC1. The first-order chi connectivity index (χ1) is 13.7. The summed E-state index contributed by atoms with van der Waals surface area (Å²) in [5, 5.41) is 9.56. The van der Waals surface area contributed by atoms with Gasteiger partial charge in [-0.25, -0.2) is 10.1 Å². The zero-order chi connectivity index (χ0) is 19.8. The molecule has 3 saturated heterocycles. The van der Waals surface area contributed by atoms with E-state index in [9.17, 15) is 5.26 Å². The van der Waals surface area contributed by atoms with Crippen LogP contribution in [0.2, 0.25) is 0 Å². The standard InChI is InChI=1S/C22H36N6/c1-24-21(19-23)22(25(2)17-18-26-11-5-3-6-12-26)28-15-9-20(10-16-28)27-13-7-4-8-14-27/h20H,3-18H2,2H3. The summed E-state index contributed by atoms with van der Waals surface area (Å²) in [5.41, 5.74) is 0.248. The van der Waals surface area contributed by atoms with E-state index in [4.69, 9.17) is 6.57 Å². The van der Waals surface area contributed by atoms with E-state index < -0.39 is 0 Å². The first-order valence-electron chi connectivity index (χ1n) is 11.2. The number of rotatable bonds is 6. The quantitative estimate of drug-likeness (QED) is 0.520. The van der Waals surface area contributed by atoms with Crippen LogP contribution in [0.4, 0.5) is 0 Å². The Morgan fingerprint density at radius 1 is 1.00 bits per heavy atom. The van der Waals surface area contributed by atoms with Crippen LogP contribution in [-0.2, 0) is 0 Å². The van der Waals surface area contributed by atoms with E-state index in [0.29, 0.717) is 6.04 Å². The van der Waals surface area contributed by atoms with Gasteiger partial charge in [0.2, 0.25) is 0 Å². The van der Waals surface area contributed by atoms with Crippen molar-refractivity contribution >= 4 is 0 Å². The summed E-state index contributed by atoms with van der Waals surface area (Å²) in [6.45, 7) is 16.1. The Balaban J connectivity index is 1.60. The lowest BCUT2D eigenvalue weighted by atomic mass is 10.00. The molecule has 0 bridgehead atoms. The van der Waals surface area contributed by atoms with Gasteiger partial charge in [-0.05, 0) is 64.7 Å². The molecule has 28 heavy (non-hydrogen) atoms. The van der Waals surface area contributed by atoms with E-state index in [2.05, 4.69) is 37.6 Å². The van der Waals surface area contributed by atoms with Gasteiger partial charge in [0.05, 0.1) is 12.6 Å². The number of piperidine rings is 3. The van der Waals surface area contributed by atoms with Gasteiger partial charge in [0.1, 0.15) is 5.82 Å². The molecule has 0 spiro atoms. The second-order valence-corrected chi connectivity index (χ2v) is 8.53. The van der Waals surface area contributed by atoms with E-state index >= 15 is 0 Å². The maximum Gasteiger partial charge on any atom is 0.300 e. The number of nitrogens with zero attached hydrogens (tertiary/aromatic N) is 6. The molecule has 154 valence electrons. The summed E-state index contributed by atoms with van der Waals surface area (Å²) in [6.07, 6.45) is 10.3. The van der Waals surface area contributed by atoms with Crippen LogP contribution in [0, 0.1) is 17.9 Å². The van der Waals surface area contributed by atoms with Crippen molar-refractivity contribution in [1.82, 2.24) is 19.6 Å². The fourth-order valence-electron chi connectivity index (χ4n) is 5.00. The van der Waals surface area contributed by atoms with Crippen LogP contribution in [-0.4, -0.2) is 85.0 Å². The van der Waals surface area contributed by atoms with Crippen LogP contribution in [0.25, 0.3) is 4.85 Å². The average molecular weight is 385 g/mol. The molecule has 3 aliphatic rings. The van der Waals surface area contributed by atoms with Crippen molar-refractivity contribution < 1.29 is 0 Å². The Labute approximate surface area is 171 Å². The third kappa shape index (κ3) is 5.40. The Hall–Kier alpha value is -1.76. The van der Waals surface area contributed by atoms with Crippen molar-refractivity contribution in [3.63, 3.8) is 0 Å². The molecular weight excluding hydrogens is 348 g/mol. The molecule has 0 radical (unpaired) electrons. The van der Waals surface area contributed by atoms with Crippen LogP contribution in [0.1, 0.15) is 51.4 Å². The molecule has 3 heterocycles. The first-order valence-corrected chi connectivity index (χ1v) is 11.2. The Morgan fingerprint density at radius 3 is 2.18 bits per heavy atom. The maximum absolute atomic E-state index is 9.56. The highest BCUT2D eigenvalue weighted by atomic mass is 15.3. The van der Waals surface area contributed by atoms with Crippen molar-refractivity contribution in [1.29, 1.82) is 5.26 Å². The number of hydrogen-bond acceptors (Lipinski definition) is 5. The molecule has 3 rings (SSSR count). The molecule has 6 nitrogen and oxygen atoms in total. The number of likely N-dealkylation sites (N-methyl/N-ethyl adjacent to an activating group) is 1. The van der Waals surface area contributed by atoms with Crippen LogP contribution in [0.3, 0.4) is 0 Å². The average Bonchev–Trinajstić information content (AvgIpc) is 2.77. The van der Waals surface area contributed by atoms with E-state index in [1.807, 2.05) is 0 Å². The summed E-state index contributed by atoms with van der Waals surface area (Å²) >= 11 is 0. The minimum Gasteiger partial charge on any atom is -0.368 e. The monoisotopic (exact) mass is 384 g/mol. The highest BCUT2D eigenvalue weighted by Crippen LogP contribution is 2.25. The lowest BCUT2D eigenvalue weighted by molar-refractivity contribution is 0.0902. The van der Waals surface area contributed by atoms with Crippen LogP contribution < -0.4 is 0 Å². The van der Waals surface area contributed by atoms with Crippen LogP contribution in [0.5, 0.6) is 0 Å². The molecule has 0 unspecified atom stereocenters. The van der Waals surface area contributed by atoms with Gasteiger partial charge in [-0.2, -0.15) is 0 Å². The molecule has 0 atom stereocenters. The minimum absolute atomic E-state index is 0.248. The molecule has 0 N–H and O–H groups in total. The predicted octanol–water partition coefficient (Wildman–Crippen LogP) is 2.97. The Bertz CT molecular complexity index is 579. The predicted molar refractivity (Wildman–Crippen MR) is 112 cm³/mol. The van der Waals surface area contributed by atoms with Gasteiger partial charge >= 0.3 is 5.70 Å². The van der Waals surface area contributed by atoms with Crippen molar-refractivity contribution in [3.05, 3.63) is 22.9 Å². The number of likely N-dealkylation sites (tertiary alicyclic amines) is 3. The largest absolute Gasteiger partial charge is 0.368 e. The summed E-state index contributed by atoms with van der Waals surface area (Å²) in [5.74, 6) is 0.853. The van der Waals surface area contributed by atoms with Crippen LogP contribution in [0.15, 0.2) is 11.5 Å². The Kier molecular flexibility index (Phi) is 8.01. The normalized spacial score (nSPS) is 23.6. The van der Waals surface area contributed by atoms with Gasteiger partial charge in [-0.15, -0.1) is 0 Å². The van der Waals surface area contributed by atoms with Gasteiger partial charge in [0.15, 0.2) is 0 Å². The van der Waals surface area contributed by atoms with Crippen LogP contribution >= 0.6 is 0 Å². The van der Waals surface area contributed by atoms with Crippen molar-refractivity contribution in [2.45, 2.75) is 57.4 Å². The van der Waals surface area contributed by atoms with E-state index in [-0.39, 0.29) is 5.70 Å². The smallest absolute Gasteiger partial charge is 0.300 e. The molecule has 6 heteroatoms. The van der Waals surface area contributed by atoms with E-state index in [1.165, 1.54) is 64.7 Å². The number of allylic oxidation sites excluding steroid dienone is 1. The summed E-state index contributed by atoms with van der Waals surface area (Å²) in [6, 6.07) is 2.84. The molecule has 0 aromatic heterocycles. The maximum atomic E-state index is 9.56. The summed E-state index contributed by atoms with van der Waals surface area (Å²) in [4.78, 5) is 13.2. The second-order valence-electron chi connectivity index (χ2n) is 8.53. The topological polar surface area (TPSA) is 41.1 Å². The minimum atomic E-state index is 0.248. The zero-order valence-electron chi connectivity index (χ0n) is 17.6. The summed E-state index contributed by atoms with van der Waals surface area (Å²) in [7, 11) is 2.05. The molecule has 0 saturated carbocycles. The fourth-order valence-corrected chi connectivity index (χ4v) is 5.00. The van der Waals surface area contributed by atoms with Gasteiger partial charge in [0, 0.05) is 39.3 Å². The third-order valence-electron chi connectivity index (χ3n) is 6.66. The molecule has 0 amide bonds. The second kappa shape index (κ2) is 10.7. The first kappa shape index (κ1) is 21.0. The van der Waals surface area contributed by atoms with Crippen molar-refractivity contribution in [2.24, 2.45) is 0 Å². The molecule has 0 aromatic rings. The summed E-state index contributed by atoms with van der Waals surface area (Å²) < 4.78 is 0.